The second kappa shape index (κ2) is 7.34. The van der Waals surface area contributed by atoms with Crippen LogP contribution in [-0.4, -0.2) is 32.5 Å². The fourth-order valence-electron chi connectivity index (χ4n) is 3.53. The Kier molecular flexibility index (Phi) is 4.85. The number of nitrogens with zero attached hydrogens (tertiary/aromatic N) is 4. The number of rotatable bonds is 4. The SMILES string of the molecule is COc1ccc2c(c1)nc(C(F)(F)F)n2-c1cnc(NC(=O)C2CCCC2)cn1. The summed E-state index contributed by atoms with van der Waals surface area (Å²) in [6, 6.07) is 4.45. The zero-order valence-electron chi connectivity index (χ0n) is 15.5. The van der Waals surface area contributed by atoms with E-state index in [0.29, 0.717) is 5.75 Å². The van der Waals surface area contributed by atoms with Crippen LogP contribution >= 0.6 is 0 Å². The summed E-state index contributed by atoms with van der Waals surface area (Å²) in [5.41, 5.74) is 0.340. The number of fused-ring (bicyclic) bond motifs is 1. The molecule has 1 fully saturated rings. The standard InChI is InChI=1S/C19H18F3N5O2/c1-29-12-6-7-14-13(8-12)25-18(19(20,21)22)27(14)16-10-23-15(9-24-16)26-17(28)11-4-2-3-5-11/h6-11H,2-5H2,1H3,(H,23,26,28). The lowest BCUT2D eigenvalue weighted by Gasteiger charge is -2.12. The molecule has 0 spiro atoms. The third-order valence-corrected chi connectivity index (χ3v) is 4.96. The fourth-order valence-corrected chi connectivity index (χ4v) is 3.53. The first-order valence-electron chi connectivity index (χ1n) is 9.14. The van der Waals surface area contributed by atoms with E-state index in [2.05, 4.69) is 20.3 Å². The largest absolute Gasteiger partial charge is 0.497 e. The van der Waals surface area contributed by atoms with Gasteiger partial charge in [-0.3, -0.25) is 9.36 Å². The van der Waals surface area contributed by atoms with Crippen LogP contribution in [0.1, 0.15) is 31.5 Å². The number of hydrogen-bond acceptors (Lipinski definition) is 5. The van der Waals surface area contributed by atoms with E-state index >= 15 is 0 Å². The zero-order valence-corrected chi connectivity index (χ0v) is 15.5. The van der Waals surface area contributed by atoms with Gasteiger partial charge in [0.05, 0.1) is 30.5 Å². The summed E-state index contributed by atoms with van der Waals surface area (Å²) in [6.07, 6.45) is 1.43. The van der Waals surface area contributed by atoms with E-state index in [1.54, 1.807) is 6.07 Å². The van der Waals surface area contributed by atoms with Gasteiger partial charge in [0.15, 0.2) is 11.6 Å². The topological polar surface area (TPSA) is 81.9 Å². The van der Waals surface area contributed by atoms with Crippen LogP contribution in [0.2, 0.25) is 0 Å². The Balaban J connectivity index is 1.69. The van der Waals surface area contributed by atoms with Crippen LogP contribution in [-0.2, 0) is 11.0 Å². The zero-order chi connectivity index (χ0) is 20.6. The average molecular weight is 405 g/mol. The molecule has 1 aliphatic rings. The maximum Gasteiger partial charge on any atom is 0.450 e. The molecule has 10 heteroatoms. The number of anilines is 1. The minimum absolute atomic E-state index is 0.0520. The van der Waals surface area contributed by atoms with Gasteiger partial charge in [0.2, 0.25) is 11.7 Å². The summed E-state index contributed by atoms with van der Waals surface area (Å²) in [7, 11) is 1.42. The van der Waals surface area contributed by atoms with Gasteiger partial charge in [-0.15, -0.1) is 0 Å². The van der Waals surface area contributed by atoms with Gasteiger partial charge in [0.1, 0.15) is 5.75 Å². The maximum atomic E-state index is 13.6. The number of halogens is 3. The van der Waals surface area contributed by atoms with E-state index in [-0.39, 0.29) is 34.5 Å². The number of methoxy groups -OCH3 is 1. The van der Waals surface area contributed by atoms with Crippen molar-refractivity contribution in [2.24, 2.45) is 5.92 Å². The van der Waals surface area contributed by atoms with Gasteiger partial charge in [-0.1, -0.05) is 12.8 Å². The number of imidazole rings is 1. The van der Waals surface area contributed by atoms with E-state index in [4.69, 9.17) is 4.74 Å². The molecule has 4 rings (SSSR count). The molecule has 1 aliphatic carbocycles. The number of carbonyl (C=O) groups excluding carboxylic acids is 1. The quantitative estimate of drug-likeness (QED) is 0.710. The lowest BCUT2D eigenvalue weighted by molar-refractivity contribution is -0.145. The van der Waals surface area contributed by atoms with Crippen molar-refractivity contribution < 1.29 is 22.7 Å². The van der Waals surface area contributed by atoms with Crippen LogP contribution in [0.4, 0.5) is 19.0 Å². The molecule has 0 unspecified atom stereocenters. The second-order valence-electron chi connectivity index (χ2n) is 6.85. The number of nitrogens with one attached hydrogen (secondary N) is 1. The highest BCUT2D eigenvalue weighted by Crippen LogP contribution is 2.34. The highest BCUT2D eigenvalue weighted by molar-refractivity contribution is 5.91. The highest BCUT2D eigenvalue weighted by atomic mass is 19.4. The molecule has 2 heterocycles. The molecule has 1 amide bonds. The number of hydrogen-bond donors (Lipinski definition) is 1. The van der Waals surface area contributed by atoms with Crippen molar-refractivity contribution in [3.8, 4) is 11.6 Å². The van der Waals surface area contributed by atoms with Crippen molar-refractivity contribution in [2.45, 2.75) is 31.9 Å². The molecule has 1 aromatic carbocycles. The lowest BCUT2D eigenvalue weighted by atomic mass is 10.1. The Morgan fingerprint density at radius 3 is 2.59 bits per heavy atom. The predicted octanol–water partition coefficient (Wildman–Crippen LogP) is 3.97. The van der Waals surface area contributed by atoms with E-state index in [0.717, 1.165) is 30.3 Å². The van der Waals surface area contributed by atoms with Crippen molar-refractivity contribution in [2.75, 3.05) is 12.4 Å². The Bertz CT molecular complexity index is 1040. The van der Waals surface area contributed by atoms with Crippen LogP contribution in [0.15, 0.2) is 30.6 Å². The van der Waals surface area contributed by atoms with Crippen LogP contribution < -0.4 is 10.1 Å². The molecule has 152 valence electrons. The van der Waals surface area contributed by atoms with Gasteiger partial charge in [-0.25, -0.2) is 15.0 Å². The predicted molar refractivity (Wildman–Crippen MR) is 98.8 cm³/mol. The first-order chi connectivity index (χ1) is 13.9. The van der Waals surface area contributed by atoms with E-state index in [9.17, 15) is 18.0 Å². The Hall–Kier alpha value is -3.17. The number of aromatic nitrogens is 4. The summed E-state index contributed by atoms with van der Waals surface area (Å²) in [5.74, 6) is -0.763. The smallest absolute Gasteiger partial charge is 0.450 e. The maximum absolute atomic E-state index is 13.6. The minimum atomic E-state index is -4.69. The van der Waals surface area contributed by atoms with Gasteiger partial charge >= 0.3 is 6.18 Å². The number of carbonyl (C=O) groups is 1. The van der Waals surface area contributed by atoms with Crippen LogP contribution in [0.25, 0.3) is 16.9 Å². The summed E-state index contributed by atoms with van der Waals surface area (Å²) in [4.78, 5) is 24.1. The van der Waals surface area contributed by atoms with Crippen LogP contribution in [0.5, 0.6) is 5.75 Å². The number of amides is 1. The van der Waals surface area contributed by atoms with Gasteiger partial charge in [-0.2, -0.15) is 13.2 Å². The normalized spacial score (nSPS) is 15.0. The van der Waals surface area contributed by atoms with Gasteiger partial charge in [0, 0.05) is 12.0 Å². The summed E-state index contributed by atoms with van der Waals surface area (Å²) in [6.45, 7) is 0. The highest BCUT2D eigenvalue weighted by Gasteiger charge is 2.38. The molecule has 0 saturated heterocycles. The van der Waals surface area contributed by atoms with Crippen molar-refractivity contribution in [3.63, 3.8) is 0 Å². The average Bonchev–Trinajstić information content (AvgIpc) is 3.36. The summed E-state index contributed by atoms with van der Waals surface area (Å²) >= 11 is 0. The third kappa shape index (κ3) is 3.74. The molecule has 0 atom stereocenters. The molecule has 0 bridgehead atoms. The summed E-state index contributed by atoms with van der Waals surface area (Å²) < 4.78 is 46.6. The molecule has 7 nitrogen and oxygen atoms in total. The number of benzene rings is 1. The fraction of sp³-hybridized carbons (Fsp3) is 0.368. The molecule has 0 radical (unpaired) electrons. The van der Waals surface area contributed by atoms with E-state index in [1.807, 2.05) is 0 Å². The van der Waals surface area contributed by atoms with Crippen molar-refractivity contribution in [1.29, 1.82) is 0 Å². The number of alkyl halides is 3. The first kappa shape index (κ1) is 19.2. The van der Waals surface area contributed by atoms with Crippen molar-refractivity contribution in [1.82, 2.24) is 19.5 Å². The minimum Gasteiger partial charge on any atom is -0.497 e. The van der Waals surface area contributed by atoms with Crippen LogP contribution in [0, 0.1) is 5.92 Å². The van der Waals surface area contributed by atoms with Gasteiger partial charge < -0.3 is 10.1 Å². The van der Waals surface area contributed by atoms with Crippen molar-refractivity contribution in [3.05, 3.63) is 36.4 Å². The number of ether oxygens (including phenoxy) is 1. The Morgan fingerprint density at radius 1 is 1.21 bits per heavy atom. The van der Waals surface area contributed by atoms with Crippen molar-refractivity contribution >= 4 is 22.8 Å². The second-order valence-corrected chi connectivity index (χ2v) is 6.85. The molecule has 2 aromatic heterocycles. The summed E-state index contributed by atoms with van der Waals surface area (Å²) in [5, 5.41) is 2.68. The monoisotopic (exact) mass is 405 g/mol. The molecule has 1 saturated carbocycles. The van der Waals surface area contributed by atoms with E-state index < -0.39 is 12.0 Å². The molecule has 29 heavy (non-hydrogen) atoms. The van der Waals surface area contributed by atoms with E-state index in [1.165, 1.54) is 31.6 Å². The lowest BCUT2D eigenvalue weighted by Crippen LogP contribution is -2.21. The van der Waals surface area contributed by atoms with Crippen LogP contribution in [0.3, 0.4) is 0 Å². The first-order valence-corrected chi connectivity index (χ1v) is 9.14. The molecular formula is C19H18F3N5O2. The molecular weight excluding hydrogens is 387 g/mol. The van der Waals surface area contributed by atoms with Gasteiger partial charge in [-0.05, 0) is 25.0 Å². The third-order valence-electron chi connectivity index (χ3n) is 4.96. The molecule has 0 aliphatic heterocycles. The Labute approximate surface area is 163 Å². The van der Waals surface area contributed by atoms with Gasteiger partial charge in [0.25, 0.3) is 0 Å². The molecule has 1 N–H and O–H groups in total. The Morgan fingerprint density at radius 2 is 1.97 bits per heavy atom. The molecule has 3 aromatic rings.